The number of amides is 2. The van der Waals surface area contributed by atoms with Crippen LogP contribution in [0.25, 0.3) is 11.3 Å². The maximum atomic E-state index is 12.3. The summed E-state index contributed by atoms with van der Waals surface area (Å²) in [7, 11) is 1.82. The lowest BCUT2D eigenvalue weighted by molar-refractivity contribution is 0.0966. The predicted molar refractivity (Wildman–Crippen MR) is 98.4 cm³/mol. The molecular weight excluding hydrogens is 348 g/mol. The van der Waals surface area contributed by atoms with Crippen molar-refractivity contribution < 1.29 is 14.7 Å². The van der Waals surface area contributed by atoms with Crippen molar-refractivity contribution in [2.24, 2.45) is 7.05 Å². The highest BCUT2D eigenvalue weighted by Gasteiger charge is 2.29. The summed E-state index contributed by atoms with van der Waals surface area (Å²) >= 11 is 0. The van der Waals surface area contributed by atoms with Crippen LogP contribution >= 0.6 is 0 Å². The van der Waals surface area contributed by atoms with Gasteiger partial charge in [0.15, 0.2) is 0 Å². The van der Waals surface area contributed by atoms with Crippen molar-refractivity contribution in [3.8, 4) is 11.3 Å². The maximum absolute atomic E-state index is 12.3. The third-order valence-corrected chi connectivity index (χ3v) is 5.15. The van der Waals surface area contributed by atoms with Crippen molar-refractivity contribution in [1.82, 2.24) is 25.4 Å². The van der Waals surface area contributed by atoms with E-state index in [-0.39, 0.29) is 18.0 Å². The lowest BCUT2D eigenvalue weighted by Crippen LogP contribution is -2.48. The first kappa shape index (κ1) is 17.3. The van der Waals surface area contributed by atoms with E-state index in [1.165, 1.54) is 0 Å². The summed E-state index contributed by atoms with van der Waals surface area (Å²) in [6.07, 6.45) is 6.20. The van der Waals surface area contributed by atoms with E-state index in [9.17, 15) is 9.59 Å². The van der Waals surface area contributed by atoms with Crippen LogP contribution in [0.1, 0.15) is 41.6 Å². The molecule has 1 aliphatic heterocycles. The Bertz CT molecular complexity index is 893. The van der Waals surface area contributed by atoms with E-state index in [1.54, 1.807) is 10.9 Å². The lowest BCUT2D eigenvalue weighted by Gasteiger charge is -2.32. The first-order valence-corrected chi connectivity index (χ1v) is 9.08. The number of anilines is 1. The van der Waals surface area contributed by atoms with Crippen molar-refractivity contribution in [1.29, 1.82) is 0 Å². The van der Waals surface area contributed by atoms with E-state index in [2.05, 4.69) is 26.0 Å². The Morgan fingerprint density at radius 1 is 1.33 bits per heavy atom. The summed E-state index contributed by atoms with van der Waals surface area (Å²) in [5.74, 6) is 0.513. The average Bonchev–Trinajstić information content (AvgIpc) is 3.22. The molecule has 0 spiro atoms. The van der Waals surface area contributed by atoms with Gasteiger partial charge in [-0.15, -0.1) is 0 Å². The maximum Gasteiger partial charge on any atom is 0.404 e. The molecule has 1 saturated carbocycles. The fraction of sp³-hybridized carbons (Fsp3) is 0.444. The number of pyridine rings is 1. The van der Waals surface area contributed by atoms with Gasteiger partial charge in [0.05, 0.1) is 23.5 Å². The zero-order chi connectivity index (χ0) is 19.0. The molecule has 9 nitrogen and oxygen atoms in total. The lowest BCUT2D eigenvalue weighted by atomic mass is 9.90. The number of nitrogens with one attached hydrogen (secondary N) is 3. The van der Waals surface area contributed by atoms with Gasteiger partial charge in [-0.1, -0.05) is 12.8 Å². The minimum absolute atomic E-state index is 0.0350. The number of aromatic nitrogens is 3. The second kappa shape index (κ2) is 6.90. The van der Waals surface area contributed by atoms with Crippen LogP contribution < -0.4 is 16.0 Å². The Morgan fingerprint density at radius 3 is 2.81 bits per heavy atom. The van der Waals surface area contributed by atoms with E-state index in [4.69, 9.17) is 5.11 Å². The number of carbonyl (C=O) groups excluding carboxylic acids is 1. The van der Waals surface area contributed by atoms with Gasteiger partial charge in [-0.25, -0.2) is 9.78 Å². The molecule has 4 N–H and O–H groups in total. The average molecular weight is 370 g/mol. The largest absolute Gasteiger partial charge is 0.465 e. The quantitative estimate of drug-likeness (QED) is 0.650. The summed E-state index contributed by atoms with van der Waals surface area (Å²) < 4.78 is 1.67. The number of carbonyl (C=O) groups is 2. The number of rotatable bonds is 4. The molecule has 2 aliphatic rings. The standard InChI is InChI=1S/C18H22N6O3/c1-24-9-11(8-20-24)16-15-10(7-19-17(15)25)6-14(23-16)21-12-4-2-3-5-13(12)22-18(26)27/h6,8-9,12-13,22H,2-5,7H2,1H3,(H,19,25)(H,21,23)(H,26,27)/t12-,13-/m0/s1. The summed E-state index contributed by atoms with van der Waals surface area (Å²) in [5.41, 5.74) is 2.84. The molecule has 0 aromatic carbocycles. The highest BCUT2D eigenvalue weighted by molar-refractivity contribution is 6.04. The number of hydrogen-bond acceptors (Lipinski definition) is 5. The molecular formula is C18H22N6O3. The normalized spacial score (nSPS) is 21.4. The van der Waals surface area contributed by atoms with E-state index in [0.717, 1.165) is 36.8 Å². The second-order valence-electron chi connectivity index (χ2n) is 7.07. The molecule has 4 rings (SSSR count). The Labute approximate surface area is 156 Å². The van der Waals surface area contributed by atoms with Gasteiger partial charge in [-0.2, -0.15) is 5.10 Å². The molecule has 3 heterocycles. The molecule has 27 heavy (non-hydrogen) atoms. The SMILES string of the molecule is Cn1cc(-c2nc(N[C@H]3CCCC[C@@H]3NC(=O)O)cc3c2C(=O)NC3)cn1. The molecule has 2 atom stereocenters. The summed E-state index contributed by atoms with van der Waals surface area (Å²) in [5, 5.41) is 22.1. The van der Waals surface area contributed by atoms with Gasteiger partial charge in [-0.05, 0) is 24.5 Å². The van der Waals surface area contributed by atoms with Crippen LogP contribution in [0.3, 0.4) is 0 Å². The van der Waals surface area contributed by atoms with Crippen LogP contribution in [0.4, 0.5) is 10.6 Å². The Kier molecular flexibility index (Phi) is 4.43. The van der Waals surface area contributed by atoms with Gasteiger partial charge in [-0.3, -0.25) is 9.48 Å². The monoisotopic (exact) mass is 370 g/mol. The number of hydrogen-bond donors (Lipinski definition) is 4. The molecule has 2 amide bonds. The molecule has 2 aromatic rings. The molecule has 0 saturated heterocycles. The van der Waals surface area contributed by atoms with E-state index >= 15 is 0 Å². The summed E-state index contributed by atoms with van der Waals surface area (Å²) in [4.78, 5) is 28.0. The van der Waals surface area contributed by atoms with Crippen molar-refractivity contribution in [3.63, 3.8) is 0 Å². The number of nitrogens with zero attached hydrogens (tertiary/aromatic N) is 3. The zero-order valence-electron chi connectivity index (χ0n) is 15.0. The number of aryl methyl sites for hydroxylation is 1. The third kappa shape index (κ3) is 3.44. The Hall–Kier alpha value is -3.10. The van der Waals surface area contributed by atoms with Gasteiger partial charge in [0.25, 0.3) is 5.91 Å². The highest BCUT2D eigenvalue weighted by Crippen LogP contribution is 2.31. The predicted octanol–water partition coefficient (Wildman–Crippen LogP) is 1.72. The Balaban J connectivity index is 1.67. The molecule has 9 heteroatoms. The number of carboxylic acid groups (broad SMARTS) is 1. The van der Waals surface area contributed by atoms with Crippen molar-refractivity contribution in [3.05, 3.63) is 29.6 Å². The minimum atomic E-state index is -1.01. The van der Waals surface area contributed by atoms with E-state index in [0.29, 0.717) is 23.6 Å². The Morgan fingerprint density at radius 2 is 2.11 bits per heavy atom. The smallest absolute Gasteiger partial charge is 0.404 e. The first-order valence-electron chi connectivity index (χ1n) is 9.08. The fourth-order valence-corrected chi connectivity index (χ4v) is 3.91. The topological polar surface area (TPSA) is 121 Å². The summed E-state index contributed by atoms with van der Waals surface area (Å²) in [6, 6.07) is 1.68. The van der Waals surface area contributed by atoms with Gasteiger partial charge >= 0.3 is 6.09 Å². The van der Waals surface area contributed by atoms with Crippen LogP contribution in [-0.4, -0.2) is 44.0 Å². The van der Waals surface area contributed by atoms with E-state index in [1.807, 2.05) is 19.3 Å². The molecule has 0 bridgehead atoms. The highest BCUT2D eigenvalue weighted by atomic mass is 16.4. The van der Waals surface area contributed by atoms with Gasteiger partial charge in [0.1, 0.15) is 5.82 Å². The van der Waals surface area contributed by atoms with Crippen LogP contribution in [0.15, 0.2) is 18.5 Å². The fourth-order valence-electron chi connectivity index (χ4n) is 3.91. The molecule has 0 unspecified atom stereocenters. The molecule has 2 aromatic heterocycles. The van der Waals surface area contributed by atoms with Crippen molar-refractivity contribution >= 4 is 17.8 Å². The molecule has 0 radical (unpaired) electrons. The van der Waals surface area contributed by atoms with Crippen molar-refractivity contribution in [2.45, 2.75) is 44.3 Å². The van der Waals surface area contributed by atoms with Gasteiger partial charge < -0.3 is 21.1 Å². The molecule has 142 valence electrons. The zero-order valence-corrected chi connectivity index (χ0v) is 15.0. The second-order valence-corrected chi connectivity index (χ2v) is 7.07. The third-order valence-electron chi connectivity index (χ3n) is 5.15. The minimum Gasteiger partial charge on any atom is -0.465 e. The summed E-state index contributed by atoms with van der Waals surface area (Å²) in [6.45, 7) is 0.458. The van der Waals surface area contributed by atoms with Gasteiger partial charge in [0.2, 0.25) is 0 Å². The van der Waals surface area contributed by atoms with Crippen LogP contribution in [0, 0.1) is 0 Å². The first-order chi connectivity index (χ1) is 13.0. The van der Waals surface area contributed by atoms with Gasteiger partial charge in [0, 0.05) is 31.4 Å². The number of fused-ring (bicyclic) bond motifs is 1. The van der Waals surface area contributed by atoms with Crippen LogP contribution in [0.5, 0.6) is 0 Å². The van der Waals surface area contributed by atoms with E-state index < -0.39 is 6.09 Å². The molecule has 1 fully saturated rings. The molecule has 1 aliphatic carbocycles. The van der Waals surface area contributed by atoms with Crippen LogP contribution in [-0.2, 0) is 13.6 Å². The van der Waals surface area contributed by atoms with Crippen LogP contribution in [0.2, 0.25) is 0 Å². The van der Waals surface area contributed by atoms with Crippen molar-refractivity contribution in [2.75, 3.05) is 5.32 Å².